The average Bonchev–Trinajstić information content (AvgIpc) is 3.36. The van der Waals surface area contributed by atoms with Gasteiger partial charge in [-0.2, -0.15) is 5.10 Å². The molecule has 0 radical (unpaired) electrons. The zero-order valence-corrected chi connectivity index (χ0v) is 15.2. The number of nitrogens with zero attached hydrogens (tertiary/aromatic N) is 1. The molecule has 1 aliphatic carbocycles. The molecule has 142 valence electrons. The first-order valence-electron chi connectivity index (χ1n) is 8.93. The Morgan fingerprint density at radius 2 is 1.93 bits per heavy atom. The van der Waals surface area contributed by atoms with Crippen molar-refractivity contribution in [3.05, 3.63) is 77.1 Å². The molecule has 0 unspecified atom stereocenters. The highest BCUT2D eigenvalue weighted by Gasteiger charge is 2.29. The standard InChI is InChI=1S/C21H18N2O5/c1-13-18-15(22-23-20(24)17-11-6-12-26-17)9-5-10-16(18)28-19(13)21(25)27-14-7-3-2-4-8-14/h2-4,6-8,11-12H,5,9-10H2,1H3,(H,23,24)/b22-15+. The van der Waals surface area contributed by atoms with Crippen LogP contribution in [0, 0.1) is 6.92 Å². The topological polar surface area (TPSA) is 94.0 Å². The zero-order valence-electron chi connectivity index (χ0n) is 15.2. The molecule has 0 aliphatic heterocycles. The van der Waals surface area contributed by atoms with Crippen molar-refractivity contribution in [1.29, 1.82) is 0 Å². The largest absolute Gasteiger partial charge is 0.459 e. The van der Waals surface area contributed by atoms with Crippen LogP contribution >= 0.6 is 0 Å². The summed E-state index contributed by atoms with van der Waals surface area (Å²) in [4.78, 5) is 24.6. The Morgan fingerprint density at radius 3 is 2.68 bits per heavy atom. The van der Waals surface area contributed by atoms with E-state index in [0.29, 0.717) is 35.6 Å². The highest BCUT2D eigenvalue weighted by atomic mass is 16.5. The molecule has 1 amide bonds. The molecule has 28 heavy (non-hydrogen) atoms. The van der Waals surface area contributed by atoms with Crippen LogP contribution in [0.1, 0.15) is 50.8 Å². The molecule has 7 heteroatoms. The van der Waals surface area contributed by atoms with E-state index in [9.17, 15) is 9.59 Å². The second kappa shape index (κ2) is 7.56. The molecule has 1 aliphatic rings. The van der Waals surface area contributed by atoms with Crippen molar-refractivity contribution >= 4 is 17.6 Å². The molecule has 3 aromatic rings. The summed E-state index contributed by atoms with van der Waals surface area (Å²) >= 11 is 0. The summed E-state index contributed by atoms with van der Waals surface area (Å²) in [6.45, 7) is 1.79. The third kappa shape index (κ3) is 3.46. The molecule has 1 N–H and O–H groups in total. The molecule has 0 bridgehead atoms. The fraction of sp³-hybridized carbons (Fsp3) is 0.190. The van der Waals surface area contributed by atoms with E-state index in [1.807, 2.05) is 6.07 Å². The quantitative estimate of drug-likeness (QED) is 0.422. The number of nitrogens with one attached hydrogen (secondary N) is 1. The molecule has 0 saturated carbocycles. The Balaban J connectivity index is 1.58. The lowest BCUT2D eigenvalue weighted by molar-refractivity contribution is 0.0698. The lowest BCUT2D eigenvalue weighted by Crippen LogP contribution is -2.21. The Labute approximate surface area is 161 Å². The lowest BCUT2D eigenvalue weighted by atomic mass is 9.93. The van der Waals surface area contributed by atoms with Crippen LogP contribution in [0.5, 0.6) is 5.75 Å². The summed E-state index contributed by atoms with van der Waals surface area (Å²) < 4.78 is 16.2. The number of esters is 1. The molecule has 0 fully saturated rings. The van der Waals surface area contributed by atoms with Gasteiger partial charge in [-0.05, 0) is 44.0 Å². The van der Waals surface area contributed by atoms with Crippen molar-refractivity contribution in [2.75, 3.05) is 0 Å². The highest BCUT2D eigenvalue weighted by molar-refractivity contribution is 6.06. The third-order valence-electron chi connectivity index (χ3n) is 4.50. The number of rotatable bonds is 4. The molecule has 2 heterocycles. The smallest absolute Gasteiger partial charge is 0.379 e. The van der Waals surface area contributed by atoms with Crippen molar-refractivity contribution in [3.8, 4) is 5.75 Å². The normalized spacial score (nSPS) is 14.5. The Hall–Kier alpha value is -3.61. The van der Waals surface area contributed by atoms with Gasteiger partial charge in [0.25, 0.3) is 0 Å². The summed E-state index contributed by atoms with van der Waals surface area (Å²) in [5.74, 6) is 0.458. The Kier molecular flexibility index (Phi) is 4.80. The van der Waals surface area contributed by atoms with E-state index >= 15 is 0 Å². The van der Waals surface area contributed by atoms with Crippen LogP contribution in [-0.2, 0) is 6.42 Å². The monoisotopic (exact) mass is 378 g/mol. The van der Waals surface area contributed by atoms with E-state index < -0.39 is 11.9 Å². The van der Waals surface area contributed by atoms with Crippen LogP contribution < -0.4 is 10.2 Å². The Bertz CT molecular complexity index is 1030. The highest BCUT2D eigenvalue weighted by Crippen LogP contribution is 2.30. The van der Waals surface area contributed by atoms with Crippen LogP contribution in [0.2, 0.25) is 0 Å². The minimum Gasteiger partial charge on any atom is -0.459 e. The van der Waals surface area contributed by atoms with Crippen LogP contribution in [0.15, 0.2) is 62.7 Å². The number of hydrazone groups is 1. The van der Waals surface area contributed by atoms with Gasteiger partial charge in [0.15, 0.2) is 5.76 Å². The van der Waals surface area contributed by atoms with E-state index in [1.54, 1.807) is 43.3 Å². The molecule has 4 rings (SSSR count). The van der Waals surface area contributed by atoms with E-state index in [2.05, 4.69) is 10.5 Å². The summed E-state index contributed by atoms with van der Waals surface area (Å²) in [6.07, 6.45) is 3.59. The van der Waals surface area contributed by atoms with Crippen molar-refractivity contribution in [2.45, 2.75) is 26.2 Å². The molecule has 2 aromatic heterocycles. The van der Waals surface area contributed by atoms with Crippen molar-refractivity contribution in [3.63, 3.8) is 0 Å². The molecule has 0 atom stereocenters. The van der Waals surface area contributed by atoms with Crippen LogP contribution in [0.25, 0.3) is 0 Å². The predicted octanol–water partition coefficient (Wildman–Crippen LogP) is 3.87. The molecular weight excluding hydrogens is 360 g/mol. The molecule has 7 nitrogen and oxygen atoms in total. The number of furan rings is 2. The van der Waals surface area contributed by atoms with Gasteiger partial charge in [0.1, 0.15) is 11.5 Å². The van der Waals surface area contributed by atoms with Crippen molar-refractivity contribution < 1.29 is 23.2 Å². The van der Waals surface area contributed by atoms with Gasteiger partial charge >= 0.3 is 11.9 Å². The van der Waals surface area contributed by atoms with E-state index in [-0.39, 0.29) is 11.5 Å². The van der Waals surface area contributed by atoms with E-state index in [4.69, 9.17) is 13.6 Å². The zero-order chi connectivity index (χ0) is 19.5. The fourth-order valence-corrected chi connectivity index (χ4v) is 3.20. The minimum absolute atomic E-state index is 0.154. The number of hydrogen-bond donors (Lipinski definition) is 1. The summed E-state index contributed by atoms with van der Waals surface area (Å²) in [5, 5.41) is 4.24. The third-order valence-corrected chi connectivity index (χ3v) is 4.50. The molecule has 0 spiro atoms. The summed E-state index contributed by atoms with van der Waals surface area (Å²) in [6, 6.07) is 12.0. The van der Waals surface area contributed by atoms with Gasteiger partial charge in [-0.3, -0.25) is 4.79 Å². The molecule has 0 saturated heterocycles. The van der Waals surface area contributed by atoms with E-state index in [1.165, 1.54) is 6.26 Å². The van der Waals surface area contributed by atoms with Gasteiger partial charge in [0.2, 0.25) is 5.76 Å². The van der Waals surface area contributed by atoms with Crippen LogP contribution in [0.4, 0.5) is 0 Å². The van der Waals surface area contributed by atoms with Gasteiger partial charge in [-0.25, -0.2) is 10.2 Å². The number of aryl methyl sites for hydroxylation is 1. The average molecular weight is 378 g/mol. The number of fused-ring (bicyclic) bond motifs is 1. The second-order valence-corrected chi connectivity index (χ2v) is 6.39. The number of carbonyl (C=O) groups is 2. The number of hydrogen-bond acceptors (Lipinski definition) is 6. The second-order valence-electron chi connectivity index (χ2n) is 6.39. The van der Waals surface area contributed by atoms with Gasteiger partial charge in [-0.1, -0.05) is 18.2 Å². The predicted molar refractivity (Wildman–Crippen MR) is 100 cm³/mol. The number of benzene rings is 1. The first-order valence-corrected chi connectivity index (χ1v) is 8.93. The summed E-state index contributed by atoms with van der Waals surface area (Å²) in [7, 11) is 0. The van der Waals surface area contributed by atoms with Crippen LogP contribution in [-0.4, -0.2) is 17.6 Å². The maximum absolute atomic E-state index is 12.5. The fourth-order valence-electron chi connectivity index (χ4n) is 3.20. The van der Waals surface area contributed by atoms with Crippen LogP contribution in [0.3, 0.4) is 0 Å². The minimum atomic E-state index is -0.558. The van der Waals surface area contributed by atoms with Gasteiger partial charge < -0.3 is 13.6 Å². The molecule has 1 aromatic carbocycles. The maximum atomic E-state index is 12.5. The van der Waals surface area contributed by atoms with Gasteiger partial charge in [0.05, 0.1) is 12.0 Å². The molecular formula is C21H18N2O5. The first kappa shape index (κ1) is 17.8. The number of ether oxygens (including phenoxy) is 1. The van der Waals surface area contributed by atoms with Gasteiger partial charge in [0, 0.05) is 17.5 Å². The van der Waals surface area contributed by atoms with Gasteiger partial charge in [-0.15, -0.1) is 0 Å². The SMILES string of the molecule is Cc1c(C(=O)Oc2ccccc2)oc2c1/C(=N/NC(=O)c1ccco1)CCC2. The van der Waals surface area contributed by atoms with E-state index in [0.717, 1.165) is 12.0 Å². The summed E-state index contributed by atoms with van der Waals surface area (Å²) in [5.41, 5.74) is 4.58. The number of amides is 1. The van der Waals surface area contributed by atoms with Crippen molar-refractivity contribution in [1.82, 2.24) is 5.43 Å². The lowest BCUT2D eigenvalue weighted by Gasteiger charge is -2.13. The number of para-hydroxylation sites is 1. The van der Waals surface area contributed by atoms with Crippen molar-refractivity contribution in [2.24, 2.45) is 5.10 Å². The first-order chi connectivity index (χ1) is 13.6. The maximum Gasteiger partial charge on any atom is 0.379 e. The Morgan fingerprint density at radius 1 is 1.11 bits per heavy atom. The number of carbonyl (C=O) groups excluding carboxylic acids is 2.